The number of carbonyl (C=O) groups is 1. The van der Waals surface area contributed by atoms with Gasteiger partial charge >= 0.3 is 5.97 Å². The van der Waals surface area contributed by atoms with Crippen molar-refractivity contribution >= 4 is 34.0 Å². The molecule has 0 atom stereocenters. The van der Waals surface area contributed by atoms with E-state index >= 15 is 0 Å². The SMILES string of the molecule is CN(Cc1cscn1)c1cc(C(=O)O)c2ccccc2n1. The molecule has 1 N–H and O–H groups in total. The van der Waals surface area contributed by atoms with Crippen molar-refractivity contribution in [1.82, 2.24) is 9.97 Å². The zero-order valence-electron chi connectivity index (χ0n) is 11.4. The van der Waals surface area contributed by atoms with Crippen molar-refractivity contribution in [3.8, 4) is 0 Å². The Bertz CT molecular complexity index is 787. The number of anilines is 1. The fraction of sp³-hybridized carbons (Fsp3) is 0.133. The lowest BCUT2D eigenvalue weighted by Gasteiger charge is -2.18. The summed E-state index contributed by atoms with van der Waals surface area (Å²) in [6, 6.07) is 8.87. The van der Waals surface area contributed by atoms with Gasteiger partial charge in [0.15, 0.2) is 0 Å². The van der Waals surface area contributed by atoms with Crippen LogP contribution in [0.4, 0.5) is 5.82 Å². The van der Waals surface area contributed by atoms with E-state index in [1.807, 2.05) is 35.5 Å². The molecule has 2 heterocycles. The molecule has 6 heteroatoms. The molecule has 106 valence electrons. The van der Waals surface area contributed by atoms with E-state index in [0.29, 0.717) is 23.3 Å². The predicted octanol–water partition coefficient (Wildman–Crippen LogP) is 3.03. The highest BCUT2D eigenvalue weighted by Crippen LogP contribution is 2.23. The molecule has 1 aromatic carbocycles. The summed E-state index contributed by atoms with van der Waals surface area (Å²) < 4.78 is 0. The number of carboxylic acids is 1. The van der Waals surface area contributed by atoms with Gasteiger partial charge in [-0.2, -0.15) is 0 Å². The van der Waals surface area contributed by atoms with Crippen LogP contribution in [-0.2, 0) is 6.54 Å². The molecule has 0 spiro atoms. The number of aromatic carboxylic acids is 1. The third-order valence-electron chi connectivity index (χ3n) is 3.21. The van der Waals surface area contributed by atoms with Crippen molar-refractivity contribution in [3.63, 3.8) is 0 Å². The molecule has 3 rings (SSSR count). The number of nitrogens with zero attached hydrogens (tertiary/aromatic N) is 3. The van der Waals surface area contributed by atoms with Gasteiger partial charge in [-0.3, -0.25) is 0 Å². The Morgan fingerprint density at radius 3 is 2.90 bits per heavy atom. The van der Waals surface area contributed by atoms with Gasteiger partial charge in [-0.1, -0.05) is 18.2 Å². The summed E-state index contributed by atoms with van der Waals surface area (Å²) in [6.07, 6.45) is 0. The van der Waals surface area contributed by atoms with E-state index in [4.69, 9.17) is 0 Å². The molecule has 0 amide bonds. The van der Waals surface area contributed by atoms with Gasteiger partial charge in [-0.15, -0.1) is 11.3 Å². The van der Waals surface area contributed by atoms with E-state index in [1.165, 1.54) is 11.3 Å². The third kappa shape index (κ3) is 2.71. The maximum Gasteiger partial charge on any atom is 0.336 e. The van der Waals surface area contributed by atoms with Gasteiger partial charge < -0.3 is 10.0 Å². The lowest BCUT2D eigenvalue weighted by molar-refractivity contribution is 0.0699. The van der Waals surface area contributed by atoms with Crippen LogP contribution in [0.15, 0.2) is 41.2 Å². The average Bonchev–Trinajstić information content (AvgIpc) is 2.98. The molecule has 0 aliphatic heterocycles. The van der Waals surface area contributed by atoms with E-state index < -0.39 is 5.97 Å². The molecule has 0 aliphatic rings. The largest absolute Gasteiger partial charge is 0.478 e. The summed E-state index contributed by atoms with van der Waals surface area (Å²) >= 11 is 1.54. The van der Waals surface area contributed by atoms with Crippen LogP contribution in [0.1, 0.15) is 16.1 Å². The number of pyridine rings is 1. The summed E-state index contributed by atoms with van der Waals surface area (Å²) in [7, 11) is 1.88. The van der Waals surface area contributed by atoms with Crippen LogP contribution in [-0.4, -0.2) is 28.1 Å². The van der Waals surface area contributed by atoms with Crippen molar-refractivity contribution < 1.29 is 9.90 Å². The maximum absolute atomic E-state index is 11.4. The van der Waals surface area contributed by atoms with Crippen molar-refractivity contribution in [2.75, 3.05) is 11.9 Å². The fourth-order valence-electron chi connectivity index (χ4n) is 2.17. The summed E-state index contributed by atoms with van der Waals surface area (Å²) in [5, 5.41) is 12.0. The third-order valence-corrected chi connectivity index (χ3v) is 3.84. The molecule has 0 unspecified atom stereocenters. The molecule has 0 fully saturated rings. The lowest BCUT2D eigenvalue weighted by Crippen LogP contribution is -2.18. The predicted molar refractivity (Wildman–Crippen MR) is 82.9 cm³/mol. The first-order valence-corrected chi connectivity index (χ1v) is 7.30. The Labute approximate surface area is 125 Å². The van der Waals surface area contributed by atoms with E-state index in [0.717, 1.165) is 5.69 Å². The van der Waals surface area contributed by atoms with Gasteiger partial charge in [0, 0.05) is 17.8 Å². The highest BCUT2D eigenvalue weighted by atomic mass is 32.1. The molecule has 0 saturated heterocycles. The number of rotatable bonds is 4. The van der Waals surface area contributed by atoms with Crippen molar-refractivity contribution in [1.29, 1.82) is 0 Å². The molecule has 2 aromatic heterocycles. The molecule has 0 radical (unpaired) electrons. The second-order valence-corrected chi connectivity index (χ2v) is 5.40. The molecular formula is C15H13N3O2S. The number of hydrogen-bond acceptors (Lipinski definition) is 5. The fourth-order valence-corrected chi connectivity index (χ4v) is 2.72. The van der Waals surface area contributed by atoms with Crippen LogP contribution in [0.25, 0.3) is 10.9 Å². The summed E-state index contributed by atoms with van der Waals surface area (Å²) in [5.74, 6) is -0.323. The Morgan fingerprint density at radius 2 is 2.19 bits per heavy atom. The monoisotopic (exact) mass is 299 g/mol. The van der Waals surface area contributed by atoms with Crippen LogP contribution in [0, 0.1) is 0 Å². The van der Waals surface area contributed by atoms with Crippen LogP contribution in [0.5, 0.6) is 0 Å². The molecule has 21 heavy (non-hydrogen) atoms. The second kappa shape index (κ2) is 5.49. The van der Waals surface area contributed by atoms with E-state index in [-0.39, 0.29) is 5.56 Å². The van der Waals surface area contributed by atoms with Crippen molar-refractivity contribution in [3.05, 3.63) is 52.5 Å². The number of fused-ring (bicyclic) bond motifs is 1. The van der Waals surface area contributed by atoms with E-state index in [2.05, 4.69) is 9.97 Å². The van der Waals surface area contributed by atoms with Gasteiger partial charge in [0.05, 0.1) is 28.8 Å². The first-order valence-electron chi connectivity index (χ1n) is 6.36. The van der Waals surface area contributed by atoms with Gasteiger partial charge in [0.2, 0.25) is 0 Å². The molecule has 0 aliphatic carbocycles. The average molecular weight is 299 g/mol. The highest BCUT2D eigenvalue weighted by Gasteiger charge is 2.14. The Morgan fingerprint density at radius 1 is 1.38 bits per heavy atom. The minimum absolute atomic E-state index is 0.265. The number of hydrogen-bond donors (Lipinski definition) is 1. The van der Waals surface area contributed by atoms with Gasteiger partial charge in [0.25, 0.3) is 0 Å². The zero-order chi connectivity index (χ0) is 14.8. The van der Waals surface area contributed by atoms with E-state index in [1.54, 1.807) is 17.6 Å². The summed E-state index contributed by atoms with van der Waals surface area (Å²) in [6.45, 7) is 0.591. The molecule has 0 saturated carbocycles. The topological polar surface area (TPSA) is 66.3 Å². The van der Waals surface area contributed by atoms with Crippen LogP contribution >= 0.6 is 11.3 Å². The standard InChI is InChI=1S/C15H13N3O2S/c1-18(7-10-8-21-9-16-10)14-6-12(15(19)20)11-4-2-3-5-13(11)17-14/h2-6,8-9H,7H2,1H3,(H,19,20). The number of carboxylic acid groups (broad SMARTS) is 1. The van der Waals surface area contributed by atoms with E-state index in [9.17, 15) is 9.90 Å². The Kier molecular flexibility index (Phi) is 3.53. The minimum Gasteiger partial charge on any atom is -0.478 e. The molecule has 0 bridgehead atoms. The number of para-hydroxylation sites is 1. The first-order chi connectivity index (χ1) is 10.1. The smallest absolute Gasteiger partial charge is 0.336 e. The number of thiazole rings is 1. The zero-order valence-corrected chi connectivity index (χ0v) is 12.2. The Hall–Kier alpha value is -2.47. The second-order valence-electron chi connectivity index (χ2n) is 4.69. The number of benzene rings is 1. The minimum atomic E-state index is -0.947. The maximum atomic E-state index is 11.4. The molecular weight excluding hydrogens is 286 g/mol. The van der Waals surface area contributed by atoms with Gasteiger partial charge in [-0.25, -0.2) is 14.8 Å². The normalized spacial score (nSPS) is 10.7. The van der Waals surface area contributed by atoms with Gasteiger partial charge in [0.1, 0.15) is 5.82 Å². The quantitative estimate of drug-likeness (QED) is 0.802. The van der Waals surface area contributed by atoms with Crippen molar-refractivity contribution in [2.45, 2.75) is 6.54 Å². The van der Waals surface area contributed by atoms with Crippen LogP contribution in [0.3, 0.4) is 0 Å². The van der Waals surface area contributed by atoms with Crippen LogP contribution < -0.4 is 4.90 Å². The summed E-state index contributed by atoms with van der Waals surface area (Å²) in [4.78, 5) is 22.1. The van der Waals surface area contributed by atoms with Crippen LogP contribution in [0.2, 0.25) is 0 Å². The number of aromatic nitrogens is 2. The Balaban J connectivity index is 2.04. The molecule has 5 nitrogen and oxygen atoms in total. The lowest BCUT2D eigenvalue weighted by atomic mass is 10.1. The molecule has 3 aromatic rings. The van der Waals surface area contributed by atoms with Crippen molar-refractivity contribution in [2.24, 2.45) is 0 Å². The summed E-state index contributed by atoms with van der Waals surface area (Å²) in [5.41, 5.74) is 3.66. The highest BCUT2D eigenvalue weighted by molar-refractivity contribution is 7.07. The first kappa shape index (κ1) is 13.5. The van der Waals surface area contributed by atoms with Gasteiger partial charge in [-0.05, 0) is 12.1 Å².